The Hall–Kier alpha value is -1.26. The summed E-state index contributed by atoms with van der Waals surface area (Å²) in [5, 5.41) is 3.54. The van der Waals surface area contributed by atoms with Crippen molar-refractivity contribution in [2.24, 2.45) is 0 Å². The van der Waals surface area contributed by atoms with Crippen LogP contribution < -0.4 is 10.9 Å². The van der Waals surface area contributed by atoms with Gasteiger partial charge in [0.15, 0.2) is 0 Å². The summed E-state index contributed by atoms with van der Waals surface area (Å²) in [6, 6.07) is 5.85. The van der Waals surface area contributed by atoms with E-state index in [0.717, 1.165) is 22.9 Å². The molecule has 0 radical (unpaired) electrons. The topological polar surface area (TPSA) is 34.0 Å². The van der Waals surface area contributed by atoms with Crippen molar-refractivity contribution in [3.05, 3.63) is 49.5 Å². The molecule has 20 heavy (non-hydrogen) atoms. The molecule has 0 aliphatic heterocycles. The molecule has 106 valence electrons. The molecular weight excluding hydrogens is 292 g/mol. The van der Waals surface area contributed by atoms with E-state index in [9.17, 15) is 4.79 Å². The normalized spacial score (nSPS) is 17.8. The Kier molecular flexibility index (Phi) is 3.85. The Morgan fingerprint density at radius 2 is 2.35 bits per heavy atom. The Morgan fingerprint density at radius 3 is 3.15 bits per heavy atom. The van der Waals surface area contributed by atoms with E-state index in [-0.39, 0.29) is 5.56 Å². The van der Waals surface area contributed by atoms with Gasteiger partial charge in [-0.15, -0.1) is 11.3 Å². The molecule has 1 aliphatic rings. The van der Waals surface area contributed by atoms with Gasteiger partial charge in [-0.2, -0.15) is 0 Å². The SMILES string of the molecule is CCn1cc(NC2CCCc3sc(Cl)cc32)ccc1=O. The van der Waals surface area contributed by atoms with Gasteiger partial charge in [-0.3, -0.25) is 4.79 Å². The van der Waals surface area contributed by atoms with Crippen LogP contribution in [0.3, 0.4) is 0 Å². The third-order valence-electron chi connectivity index (χ3n) is 3.75. The largest absolute Gasteiger partial charge is 0.377 e. The molecule has 3 nitrogen and oxygen atoms in total. The first kappa shape index (κ1) is 13.7. The van der Waals surface area contributed by atoms with E-state index < -0.39 is 0 Å². The predicted molar refractivity (Wildman–Crippen MR) is 85.0 cm³/mol. The molecule has 3 rings (SSSR count). The summed E-state index contributed by atoms with van der Waals surface area (Å²) in [6.45, 7) is 2.66. The molecule has 0 saturated carbocycles. The van der Waals surface area contributed by atoms with E-state index in [1.807, 2.05) is 19.2 Å². The Morgan fingerprint density at radius 1 is 1.50 bits per heavy atom. The number of anilines is 1. The van der Waals surface area contributed by atoms with Gasteiger partial charge in [0.25, 0.3) is 5.56 Å². The maximum Gasteiger partial charge on any atom is 0.250 e. The number of hydrogen-bond acceptors (Lipinski definition) is 3. The lowest BCUT2D eigenvalue weighted by molar-refractivity contribution is 0.607. The van der Waals surface area contributed by atoms with Crippen molar-refractivity contribution in [3.63, 3.8) is 0 Å². The van der Waals surface area contributed by atoms with Crippen molar-refractivity contribution < 1.29 is 0 Å². The number of rotatable bonds is 3. The molecular formula is C15H17ClN2OS. The molecule has 1 N–H and O–H groups in total. The zero-order valence-electron chi connectivity index (χ0n) is 11.4. The van der Waals surface area contributed by atoms with Crippen LogP contribution >= 0.6 is 22.9 Å². The molecule has 1 atom stereocenters. The van der Waals surface area contributed by atoms with Gasteiger partial charge in [0.1, 0.15) is 0 Å². The highest BCUT2D eigenvalue weighted by molar-refractivity contribution is 7.16. The maximum absolute atomic E-state index is 11.6. The molecule has 0 bridgehead atoms. The molecule has 0 amide bonds. The van der Waals surface area contributed by atoms with Crippen molar-refractivity contribution in [1.82, 2.24) is 4.57 Å². The Bertz CT molecular complexity index is 677. The first-order valence-electron chi connectivity index (χ1n) is 6.92. The van der Waals surface area contributed by atoms with Gasteiger partial charge >= 0.3 is 0 Å². The molecule has 0 spiro atoms. The fourth-order valence-electron chi connectivity index (χ4n) is 2.74. The number of halogens is 1. The van der Waals surface area contributed by atoms with Gasteiger partial charge in [0.05, 0.1) is 16.1 Å². The molecule has 1 unspecified atom stereocenters. The highest BCUT2D eigenvalue weighted by atomic mass is 35.5. The zero-order chi connectivity index (χ0) is 14.1. The minimum absolute atomic E-state index is 0.0426. The molecule has 2 aromatic rings. The third-order valence-corrected chi connectivity index (χ3v) is 5.09. The van der Waals surface area contributed by atoms with Crippen LogP contribution in [-0.4, -0.2) is 4.57 Å². The molecule has 0 fully saturated rings. The van der Waals surface area contributed by atoms with Crippen LogP contribution in [0.2, 0.25) is 4.34 Å². The van der Waals surface area contributed by atoms with E-state index in [1.165, 1.54) is 16.9 Å². The van der Waals surface area contributed by atoms with Crippen LogP contribution in [0.5, 0.6) is 0 Å². The van der Waals surface area contributed by atoms with Gasteiger partial charge in [-0.1, -0.05) is 11.6 Å². The highest BCUT2D eigenvalue weighted by Crippen LogP contribution is 2.39. The number of nitrogens with zero attached hydrogens (tertiary/aromatic N) is 1. The van der Waals surface area contributed by atoms with Crippen LogP contribution in [0.15, 0.2) is 29.2 Å². The molecule has 2 aromatic heterocycles. The molecule has 1 aliphatic carbocycles. The summed E-state index contributed by atoms with van der Waals surface area (Å²) in [5.74, 6) is 0. The average Bonchev–Trinajstić information content (AvgIpc) is 2.82. The van der Waals surface area contributed by atoms with Crippen LogP contribution in [0.4, 0.5) is 5.69 Å². The van der Waals surface area contributed by atoms with E-state index >= 15 is 0 Å². The fourth-order valence-corrected chi connectivity index (χ4v) is 4.12. The van der Waals surface area contributed by atoms with Crippen molar-refractivity contribution in [1.29, 1.82) is 0 Å². The van der Waals surface area contributed by atoms with E-state index in [0.29, 0.717) is 12.6 Å². The number of hydrogen-bond donors (Lipinski definition) is 1. The van der Waals surface area contributed by atoms with Crippen LogP contribution in [0.1, 0.15) is 36.2 Å². The minimum Gasteiger partial charge on any atom is -0.377 e. The summed E-state index contributed by atoms with van der Waals surface area (Å²) in [4.78, 5) is 13.0. The van der Waals surface area contributed by atoms with Gasteiger partial charge in [0, 0.05) is 23.7 Å². The lowest BCUT2D eigenvalue weighted by Crippen LogP contribution is -2.20. The molecule has 0 aromatic carbocycles. The van der Waals surface area contributed by atoms with Crippen LogP contribution in [-0.2, 0) is 13.0 Å². The van der Waals surface area contributed by atoms with E-state index in [1.54, 1.807) is 22.0 Å². The Labute approximate surface area is 127 Å². The third kappa shape index (κ3) is 2.63. The highest BCUT2D eigenvalue weighted by Gasteiger charge is 2.22. The van der Waals surface area contributed by atoms with Gasteiger partial charge in [-0.25, -0.2) is 0 Å². The van der Waals surface area contributed by atoms with Crippen molar-refractivity contribution in [2.75, 3.05) is 5.32 Å². The monoisotopic (exact) mass is 308 g/mol. The summed E-state index contributed by atoms with van der Waals surface area (Å²) in [6.07, 6.45) is 5.30. The number of pyridine rings is 1. The summed E-state index contributed by atoms with van der Waals surface area (Å²) >= 11 is 7.82. The van der Waals surface area contributed by atoms with Crippen molar-refractivity contribution in [2.45, 2.75) is 38.8 Å². The standard InChI is InChI=1S/C15H17ClN2OS/c1-2-18-9-10(6-7-15(18)19)17-12-4-3-5-13-11(12)8-14(16)20-13/h6-9,12,17H,2-5H2,1H3. The van der Waals surface area contributed by atoms with Crippen molar-refractivity contribution >= 4 is 28.6 Å². The molecule has 5 heteroatoms. The zero-order valence-corrected chi connectivity index (χ0v) is 12.9. The number of aryl methyl sites for hydroxylation is 2. The second-order valence-corrected chi connectivity index (χ2v) is 6.83. The summed E-state index contributed by atoms with van der Waals surface area (Å²) in [5.41, 5.74) is 2.35. The quantitative estimate of drug-likeness (QED) is 0.927. The number of aromatic nitrogens is 1. The first-order valence-corrected chi connectivity index (χ1v) is 8.12. The van der Waals surface area contributed by atoms with Crippen LogP contribution in [0, 0.1) is 0 Å². The predicted octanol–water partition coefficient (Wildman–Crippen LogP) is 4.07. The minimum atomic E-state index is 0.0426. The molecule has 2 heterocycles. The first-order chi connectivity index (χ1) is 9.67. The van der Waals surface area contributed by atoms with Crippen molar-refractivity contribution in [3.8, 4) is 0 Å². The number of thiophene rings is 1. The summed E-state index contributed by atoms with van der Waals surface area (Å²) in [7, 11) is 0. The second-order valence-electron chi connectivity index (χ2n) is 5.06. The van der Waals surface area contributed by atoms with Gasteiger partial charge in [0.2, 0.25) is 0 Å². The fraction of sp³-hybridized carbons (Fsp3) is 0.400. The summed E-state index contributed by atoms with van der Waals surface area (Å²) < 4.78 is 2.58. The van der Waals surface area contributed by atoms with E-state index in [4.69, 9.17) is 11.6 Å². The smallest absolute Gasteiger partial charge is 0.250 e. The van der Waals surface area contributed by atoms with E-state index in [2.05, 4.69) is 11.4 Å². The number of nitrogens with one attached hydrogen (secondary N) is 1. The van der Waals surface area contributed by atoms with Gasteiger partial charge in [-0.05, 0) is 43.9 Å². The lowest BCUT2D eigenvalue weighted by Gasteiger charge is -2.24. The lowest BCUT2D eigenvalue weighted by atomic mass is 9.94. The maximum atomic E-state index is 11.6. The average molecular weight is 309 g/mol. The second kappa shape index (κ2) is 5.62. The van der Waals surface area contributed by atoms with Crippen LogP contribution in [0.25, 0.3) is 0 Å². The Balaban J connectivity index is 1.87. The molecule has 0 saturated heterocycles. The number of fused-ring (bicyclic) bond motifs is 1. The van der Waals surface area contributed by atoms with Gasteiger partial charge < -0.3 is 9.88 Å².